The number of carbonyl (C=O) groups is 6. The SMILES string of the molecule is O=C(CCCC[C@H]1SC[C@H]2NC(=O)N[C@H]21)NCCOCCOCCOCCOCCC(=O)NCCOCCOCCOCCOCCNc1c(NCCOCCOCCO[C@]2(C(=O)O)C[C@H](O)[C@@H](NC(=O)CO)[C@H]([C@H](O)[C@H](O)CNC(=O)Cc3ccc(Cl)cc3)O2)c(=O)c1=O. The molecule has 95 heavy (non-hydrogen) atoms. The van der Waals surface area contributed by atoms with E-state index >= 15 is 0 Å². The normalized spacial score (nSPS) is 20.5. The van der Waals surface area contributed by atoms with Crippen LogP contribution >= 0.6 is 23.4 Å². The minimum atomic E-state index is -2.59. The molecule has 0 spiro atoms. The van der Waals surface area contributed by atoms with Gasteiger partial charge in [0, 0.05) is 68.0 Å². The summed E-state index contributed by atoms with van der Waals surface area (Å²) in [5, 5.41) is 75.4. The number of carboxylic acid groups (broad SMARTS) is 1. The number of ether oxygens (including phenoxy) is 12. The summed E-state index contributed by atoms with van der Waals surface area (Å²) < 4.78 is 66.2. The largest absolute Gasteiger partial charge is 0.477 e. The fourth-order valence-electron chi connectivity index (χ4n) is 9.83. The fourth-order valence-corrected chi connectivity index (χ4v) is 11.5. The standard InChI is InChI=1S/C60H95ClN8O25S/c61-41-7-5-40(6-8-41)35-48(75)66-37-44(72)54(77)57-51(68-49(76)38-70)43(71)36-60(94-57,58(80)81)93-34-33-92-28-23-87-18-13-65-53-52(55(78)56(53)79)64-12-17-86-22-27-91-32-31-90-26-21-85-16-11-63-47(74)9-14-83-19-24-88-29-30-89-25-20-84-15-10-62-46(73)4-2-1-3-45-50-42(39-95-45)67-59(82)69-50/h5-8,42-45,50-51,54,57,64-65,70-72,77H,1-4,9-39H2,(H,62,73)(H,63,74)(H,66,75)(H,68,76)(H,80,81)(H2,67,69,82)/t42-,43+,44-,45-,50-,51-,54-,57-,60-/m1/s1. The first-order valence-electron chi connectivity index (χ1n) is 31.8. The minimum Gasteiger partial charge on any atom is -0.477 e. The number of aliphatic hydroxyl groups is 4. The van der Waals surface area contributed by atoms with Crippen LogP contribution in [0, 0.1) is 0 Å². The van der Waals surface area contributed by atoms with Gasteiger partial charge in [-0.25, -0.2) is 9.59 Å². The lowest BCUT2D eigenvalue weighted by Crippen LogP contribution is -2.68. The zero-order valence-corrected chi connectivity index (χ0v) is 54.9. The van der Waals surface area contributed by atoms with E-state index in [-0.39, 0.29) is 113 Å². The maximum atomic E-state index is 12.6. The number of carboxylic acids is 1. The highest BCUT2D eigenvalue weighted by atomic mass is 35.5. The number of amides is 6. The molecule has 2 aromatic rings. The van der Waals surface area contributed by atoms with Crippen molar-refractivity contribution in [2.24, 2.45) is 0 Å². The van der Waals surface area contributed by atoms with Crippen LogP contribution < -0.4 is 53.4 Å². The molecule has 0 aliphatic carbocycles. The van der Waals surface area contributed by atoms with Gasteiger partial charge < -0.3 is 125 Å². The summed E-state index contributed by atoms with van der Waals surface area (Å²) in [7, 11) is 0. The molecule has 538 valence electrons. The topological polar surface area (TPSA) is 445 Å². The molecule has 0 bridgehead atoms. The second kappa shape index (κ2) is 46.7. The molecule has 2 aromatic carbocycles. The van der Waals surface area contributed by atoms with E-state index in [0.717, 1.165) is 25.0 Å². The molecule has 33 nitrogen and oxygen atoms in total. The summed E-state index contributed by atoms with van der Waals surface area (Å²) >= 11 is 7.77. The molecule has 9 atom stereocenters. The van der Waals surface area contributed by atoms with Crippen molar-refractivity contribution in [2.45, 2.75) is 98.5 Å². The van der Waals surface area contributed by atoms with E-state index in [1.807, 2.05) is 11.8 Å². The van der Waals surface area contributed by atoms with E-state index < -0.39 is 91.1 Å². The number of nitrogens with one attached hydrogen (secondary N) is 8. The van der Waals surface area contributed by atoms with E-state index in [9.17, 15) is 63.9 Å². The van der Waals surface area contributed by atoms with Crippen LogP contribution in [0.1, 0.15) is 44.1 Å². The molecule has 0 radical (unpaired) electrons. The van der Waals surface area contributed by atoms with Crippen molar-refractivity contribution < 1.29 is 111 Å². The van der Waals surface area contributed by atoms with Gasteiger partial charge in [0.05, 0.1) is 175 Å². The molecule has 3 saturated heterocycles. The molecular weight excluding hydrogens is 1300 g/mol. The molecule has 3 aliphatic heterocycles. The molecule has 5 rings (SSSR count). The first-order valence-corrected chi connectivity index (χ1v) is 33.3. The van der Waals surface area contributed by atoms with Gasteiger partial charge in [-0.2, -0.15) is 11.8 Å². The maximum Gasteiger partial charge on any atom is 0.364 e. The van der Waals surface area contributed by atoms with Crippen LogP contribution in [0.4, 0.5) is 16.2 Å². The number of hydrogen-bond acceptors (Lipinski definition) is 27. The number of halogens is 1. The Morgan fingerprint density at radius 3 is 1.61 bits per heavy atom. The Labute approximate surface area is 559 Å². The van der Waals surface area contributed by atoms with Gasteiger partial charge in [0.2, 0.25) is 23.6 Å². The van der Waals surface area contributed by atoms with Gasteiger partial charge in [-0.15, -0.1) is 0 Å². The second-order valence-corrected chi connectivity index (χ2v) is 23.6. The van der Waals surface area contributed by atoms with Crippen molar-refractivity contribution >= 4 is 70.4 Å². The molecule has 35 heteroatoms. The number of fused-ring (bicyclic) bond motifs is 1. The number of thioether (sulfide) groups is 1. The lowest BCUT2D eigenvalue weighted by molar-refractivity contribution is -0.312. The Balaban J connectivity index is 0.752. The average molecular weight is 1400 g/mol. The van der Waals surface area contributed by atoms with Gasteiger partial charge in [-0.3, -0.25) is 28.8 Å². The third-order valence-electron chi connectivity index (χ3n) is 14.8. The minimum absolute atomic E-state index is 0.00758. The first-order chi connectivity index (χ1) is 46.0. The summed E-state index contributed by atoms with van der Waals surface area (Å²) in [5.74, 6) is -5.04. The third-order valence-corrected chi connectivity index (χ3v) is 16.5. The Morgan fingerprint density at radius 1 is 0.611 bits per heavy atom. The summed E-state index contributed by atoms with van der Waals surface area (Å²) in [6.45, 7) is 4.69. The molecular formula is C60H95ClN8O25S. The predicted molar refractivity (Wildman–Crippen MR) is 342 cm³/mol. The highest BCUT2D eigenvalue weighted by molar-refractivity contribution is 8.00. The number of benzene rings is 1. The number of unbranched alkanes of at least 4 members (excludes halogenated alkanes) is 1. The van der Waals surface area contributed by atoms with Crippen LogP contribution in [0.2, 0.25) is 5.02 Å². The number of hydrogen-bond donors (Lipinski definition) is 13. The van der Waals surface area contributed by atoms with Crippen molar-refractivity contribution in [2.75, 3.05) is 194 Å². The van der Waals surface area contributed by atoms with Gasteiger partial charge >= 0.3 is 12.0 Å². The first kappa shape index (κ1) is 80.2. The van der Waals surface area contributed by atoms with Crippen LogP contribution in [0.3, 0.4) is 0 Å². The Hall–Kier alpha value is -5.48. The molecule has 3 aliphatic rings. The monoisotopic (exact) mass is 1390 g/mol. The van der Waals surface area contributed by atoms with Crippen molar-refractivity contribution in [3.8, 4) is 0 Å². The molecule has 3 heterocycles. The number of urea groups is 1. The number of anilines is 2. The quantitative estimate of drug-likeness (QED) is 0.0176. The van der Waals surface area contributed by atoms with Crippen molar-refractivity contribution in [1.82, 2.24) is 31.9 Å². The van der Waals surface area contributed by atoms with E-state index in [1.165, 1.54) is 0 Å². The Morgan fingerprint density at radius 2 is 1.09 bits per heavy atom. The Bertz CT molecular complexity index is 2640. The number of carbonyl (C=O) groups excluding carboxylic acids is 5. The lowest BCUT2D eigenvalue weighted by atomic mass is 9.88. The Kier molecular flexibility index (Phi) is 39.4. The van der Waals surface area contributed by atoms with E-state index in [4.69, 9.17) is 68.4 Å². The van der Waals surface area contributed by atoms with Crippen molar-refractivity contribution in [3.63, 3.8) is 0 Å². The molecule has 3 fully saturated rings. The van der Waals surface area contributed by atoms with Gasteiger partial charge in [0.25, 0.3) is 16.6 Å². The van der Waals surface area contributed by atoms with E-state index in [0.29, 0.717) is 121 Å². The molecule has 13 N–H and O–H groups in total. The third kappa shape index (κ3) is 30.9. The maximum absolute atomic E-state index is 12.6. The second-order valence-electron chi connectivity index (χ2n) is 21.9. The average Bonchev–Trinajstić information content (AvgIpc) is 1.59. The van der Waals surface area contributed by atoms with Crippen molar-refractivity contribution in [3.05, 3.63) is 55.3 Å². The molecule has 0 aromatic heterocycles. The zero-order chi connectivity index (χ0) is 68.5. The lowest BCUT2D eigenvalue weighted by Gasteiger charge is -2.46. The van der Waals surface area contributed by atoms with E-state index in [2.05, 4.69) is 42.5 Å². The summed E-state index contributed by atoms with van der Waals surface area (Å²) in [6.07, 6.45) is -4.79. The summed E-state index contributed by atoms with van der Waals surface area (Å²) in [4.78, 5) is 97.3. The molecule has 0 unspecified atom stereocenters. The predicted octanol–water partition coefficient (Wildman–Crippen LogP) is -3.22. The van der Waals surface area contributed by atoms with E-state index in [1.54, 1.807) is 24.3 Å². The number of aliphatic hydroxyl groups excluding tert-OH is 4. The van der Waals surface area contributed by atoms with Gasteiger partial charge in [-0.05, 0) is 30.5 Å². The number of aliphatic carboxylic acids is 1. The number of rotatable bonds is 56. The highest BCUT2D eigenvalue weighted by Gasteiger charge is 2.56. The summed E-state index contributed by atoms with van der Waals surface area (Å²) in [6, 6.07) is 5.23. The highest BCUT2D eigenvalue weighted by Crippen LogP contribution is 2.35. The van der Waals surface area contributed by atoms with Gasteiger partial charge in [0.1, 0.15) is 30.2 Å². The van der Waals surface area contributed by atoms with Crippen LogP contribution in [0.5, 0.6) is 0 Å². The summed E-state index contributed by atoms with van der Waals surface area (Å²) in [5.41, 5.74) is -0.501. The molecule has 6 amide bonds. The van der Waals surface area contributed by atoms with Gasteiger partial charge in [-0.1, -0.05) is 30.2 Å². The van der Waals surface area contributed by atoms with Crippen LogP contribution in [-0.2, 0) is 87.2 Å². The van der Waals surface area contributed by atoms with Crippen LogP contribution in [0.25, 0.3) is 0 Å². The fraction of sp³-hybridized carbons (Fsp3) is 0.733. The van der Waals surface area contributed by atoms with Crippen LogP contribution in [-0.4, -0.2) is 299 Å². The smallest absolute Gasteiger partial charge is 0.364 e. The van der Waals surface area contributed by atoms with Gasteiger partial charge in [0.15, 0.2) is 0 Å². The van der Waals surface area contributed by atoms with Crippen molar-refractivity contribution in [1.29, 1.82) is 0 Å². The zero-order valence-electron chi connectivity index (χ0n) is 53.4. The molecule has 0 saturated carbocycles. The van der Waals surface area contributed by atoms with Crippen LogP contribution in [0.15, 0.2) is 33.9 Å².